The van der Waals surface area contributed by atoms with Crippen LogP contribution in [0.25, 0.3) is 5.57 Å². The Morgan fingerprint density at radius 3 is 2.76 bits per heavy atom. The van der Waals surface area contributed by atoms with Crippen molar-refractivity contribution in [2.75, 3.05) is 0 Å². The average Bonchev–Trinajstić information content (AvgIpc) is 3.04. The van der Waals surface area contributed by atoms with Crippen LogP contribution in [0.15, 0.2) is 29.8 Å². The van der Waals surface area contributed by atoms with Crippen LogP contribution < -0.4 is 0 Å². The largest absolute Gasteiger partial charge is 0.393 e. The lowest BCUT2D eigenvalue weighted by Crippen LogP contribution is -2.41. The highest BCUT2D eigenvalue weighted by molar-refractivity contribution is 5.77. The summed E-state index contributed by atoms with van der Waals surface area (Å²) in [4.78, 5) is 0. The Labute approximate surface area is 127 Å². The fraction of sp³-hybridized carbons (Fsp3) is 0.600. The summed E-state index contributed by atoms with van der Waals surface area (Å²) in [6.07, 6.45) is 6.98. The molecule has 110 valence electrons. The van der Waals surface area contributed by atoms with E-state index in [1.165, 1.54) is 30.4 Å². The van der Waals surface area contributed by atoms with Gasteiger partial charge < -0.3 is 5.11 Å². The minimum Gasteiger partial charge on any atom is -0.393 e. The maximum Gasteiger partial charge on any atom is 0.0608 e. The Balaban J connectivity index is 1.75. The van der Waals surface area contributed by atoms with E-state index < -0.39 is 0 Å². The van der Waals surface area contributed by atoms with Crippen LogP contribution in [0.1, 0.15) is 57.1 Å². The number of hydrogen-bond acceptors (Lipinski definition) is 1. The SMILES string of the molecule is C[C@]12C[C@@H](O)[C@@]3(C)CCC4=C(CCc5ccccc54)[C@]13C2. The minimum atomic E-state index is -0.0949. The molecule has 0 heterocycles. The lowest BCUT2D eigenvalue weighted by Gasteiger charge is -2.46. The van der Waals surface area contributed by atoms with Gasteiger partial charge in [0.25, 0.3) is 0 Å². The van der Waals surface area contributed by atoms with E-state index >= 15 is 0 Å². The monoisotopic (exact) mass is 280 g/mol. The molecule has 0 aromatic heterocycles. The van der Waals surface area contributed by atoms with Gasteiger partial charge in [-0.3, -0.25) is 0 Å². The molecule has 2 saturated carbocycles. The molecule has 0 unspecified atom stereocenters. The lowest BCUT2D eigenvalue weighted by atomic mass is 9.58. The van der Waals surface area contributed by atoms with Crippen LogP contribution in [-0.4, -0.2) is 11.2 Å². The number of rotatable bonds is 0. The summed E-state index contributed by atoms with van der Waals surface area (Å²) in [6.45, 7) is 4.80. The van der Waals surface area contributed by atoms with E-state index in [1.54, 1.807) is 11.1 Å². The predicted octanol–water partition coefficient (Wildman–Crippen LogP) is 4.35. The quantitative estimate of drug-likeness (QED) is 0.749. The summed E-state index contributed by atoms with van der Waals surface area (Å²) < 4.78 is 0. The van der Waals surface area contributed by atoms with Crippen molar-refractivity contribution in [3.05, 3.63) is 41.0 Å². The Morgan fingerprint density at radius 1 is 1.10 bits per heavy atom. The lowest BCUT2D eigenvalue weighted by molar-refractivity contribution is 0.0114. The fourth-order valence-electron chi connectivity index (χ4n) is 6.56. The van der Waals surface area contributed by atoms with Crippen molar-refractivity contribution < 1.29 is 5.11 Å². The Morgan fingerprint density at radius 2 is 1.90 bits per heavy atom. The molecule has 0 bridgehead atoms. The summed E-state index contributed by atoms with van der Waals surface area (Å²) >= 11 is 0. The first kappa shape index (κ1) is 12.5. The van der Waals surface area contributed by atoms with Gasteiger partial charge in [0.15, 0.2) is 0 Å². The molecular formula is C20H24O. The van der Waals surface area contributed by atoms with Crippen LogP contribution in [0.4, 0.5) is 0 Å². The third-order valence-corrected chi connectivity index (χ3v) is 7.68. The van der Waals surface area contributed by atoms with E-state index in [2.05, 4.69) is 38.1 Å². The predicted molar refractivity (Wildman–Crippen MR) is 84.8 cm³/mol. The molecule has 1 spiro atoms. The number of allylic oxidation sites excluding steroid dienone is 2. The summed E-state index contributed by atoms with van der Waals surface area (Å²) in [7, 11) is 0. The molecule has 4 aliphatic rings. The molecule has 1 aromatic rings. The number of hydrogen-bond donors (Lipinski definition) is 1. The number of aliphatic hydroxyl groups is 1. The van der Waals surface area contributed by atoms with Gasteiger partial charge in [-0.25, -0.2) is 0 Å². The normalized spacial score (nSPS) is 46.5. The molecule has 0 radical (unpaired) electrons. The molecule has 4 atom stereocenters. The third-order valence-electron chi connectivity index (χ3n) is 7.68. The van der Waals surface area contributed by atoms with Gasteiger partial charge in [-0.1, -0.05) is 43.7 Å². The number of benzene rings is 1. The van der Waals surface area contributed by atoms with Gasteiger partial charge in [-0.2, -0.15) is 0 Å². The molecule has 21 heavy (non-hydrogen) atoms. The molecule has 0 aliphatic heterocycles. The van der Waals surface area contributed by atoms with E-state index in [4.69, 9.17) is 0 Å². The van der Waals surface area contributed by atoms with Gasteiger partial charge in [0.1, 0.15) is 0 Å². The average molecular weight is 280 g/mol. The van der Waals surface area contributed by atoms with E-state index in [0.29, 0.717) is 10.8 Å². The Bertz CT molecular complexity index is 687. The van der Waals surface area contributed by atoms with Crippen molar-refractivity contribution in [2.45, 2.75) is 58.5 Å². The summed E-state index contributed by atoms with van der Waals surface area (Å²) in [5.41, 5.74) is 7.26. The molecule has 5 rings (SSSR count). The third kappa shape index (κ3) is 1.17. The second kappa shape index (κ2) is 3.46. The van der Waals surface area contributed by atoms with Crippen LogP contribution in [0, 0.1) is 16.2 Å². The van der Waals surface area contributed by atoms with Crippen molar-refractivity contribution >= 4 is 5.57 Å². The highest BCUT2D eigenvalue weighted by Gasteiger charge is 2.80. The summed E-state index contributed by atoms with van der Waals surface area (Å²) in [6, 6.07) is 9.00. The van der Waals surface area contributed by atoms with E-state index in [0.717, 1.165) is 19.3 Å². The van der Waals surface area contributed by atoms with Gasteiger partial charge in [0.05, 0.1) is 6.10 Å². The molecule has 1 N–H and O–H groups in total. The van der Waals surface area contributed by atoms with Crippen molar-refractivity contribution in [1.82, 2.24) is 0 Å². The van der Waals surface area contributed by atoms with E-state index in [1.807, 2.05) is 0 Å². The van der Waals surface area contributed by atoms with Gasteiger partial charge in [-0.05, 0) is 60.6 Å². The molecule has 1 heteroatoms. The standard InChI is InChI=1S/C20H24O/c1-18-11-17(21)19(2)10-9-15-14-6-4-3-5-13(14)7-8-16(15)20(18,19)12-18/h3-6,17,21H,7-12H2,1-2H3/t17-,18-,19-,20-/m1/s1. The second-order valence-corrected chi connectivity index (χ2v) is 8.39. The zero-order valence-electron chi connectivity index (χ0n) is 13.1. The van der Waals surface area contributed by atoms with Gasteiger partial charge in [-0.15, -0.1) is 0 Å². The maximum atomic E-state index is 10.7. The zero-order valence-corrected chi connectivity index (χ0v) is 13.1. The number of aryl methyl sites for hydroxylation is 1. The van der Waals surface area contributed by atoms with Gasteiger partial charge in [0, 0.05) is 10.8 Å². The van der Waals surface area contributed by atoms with Crippen molar-refractivity contribution in [2.24, 2.45) is 16.2 Å². The van der Waals surface area contributed by atoms with Gasteiger partial charge in [0.2, 0.25) is 0 Å². The zero-order chi connectivity index (χ0) is 14.5. The first-order valence-corrected chi connectivity index (χ1v) is 8.51. The minimum absolute atomic E-state index is 0.0949. The highest BCUT2D eigenvalue weighted by atomic mass is 16.3. The fourth-order valence-corrected chi connectivity index (χ4v) is 6.56. The number of fused-ring (bicyclic) bond motifs is 2. The second-order valence-electron chi connectivity index (χ2n) is 8.39. The van der Waals surface area contributed by atoms with Crippen LogP contribution in [0.3, 0.4) is 0 Å². The molecular weight excluding hydrogens is 256 g/mol. The molecule has 2 fully saturated rings. The van der Waals surface area contributed by atoms with Crippen LogP contribution in [0.2, 0.25) is 0 Å². The topological polar surface area (TPSA) is 20.2 Å². The first-order chi connectivity index (χ1) is 10.0. The highest BCUT2D eigenvalue weighted by Crippen LogP contribution is 2.86. The Kier molecular flexibility index (Phi) is 2.05. The van der Waals surface area contributed by atoms with Crippen molar-refractivity contribution in [3.8, 4) is 0 Å². The van der Waals surface area contributed by atoms with Gasteiger partial charge >= 0.3 is 0 Å². The first-order valence-electron chi connectivity index (χ1n) is 8.51. The van der Waals surface area contributed by atoms with Crippen LogP contribution >= 0.6 is 0 Å². The molecule has 0 saturated heterocycles. The van der Waals surface area contributed by atoms with Crippen LogP contribution in [-0.2, 0) is 6.42 Å². The summed E-state index contributed by atoms with van der Waals surface area (Å²) in [5, 5.41) is 10.7. The molecule has 1 nitrogen and oxygen atoms in total. The maximum absolute atomic E-state index is 10.7. The molecule has 0 amide bonds. The number of aliphatic hydroxyl groups excluding tert-OH is 1. The van der Waals surface area contributed by atoms with Crippen molar-refractivity contribution in [3.63, 3.8) is 0 Å². The smallest absolute Gasteiger partial charge is 0.0608 e. The van der Waals surface area contributed by atoms with Crippen LogP contribution in [0.5, 0.6) is 0 Å². The Hall–Kier alpha value is -1.08. The van der Waals surface area contributed by atoms with Crippen molar-refractivity contribution in [1.29, 1.82) is 0 Å². The molecule has 4 aliphatic carbocycles. The molecule has 1 aromatic carbocycles. The van der Waals surface area contributed by atoms with E-state index in [9.17, 15) is 5.11 Å². The summed E-state index contributed by atoms with van der Waals surface area (Å²) in [5.74, 6) is 0. The van der Waals surface area contributed by atoms with E-state index in [-0.39, 0.29) is 11.5 Å².